The van der Waals surface area contributed by atoms with Crippen molar-refractivity contribution in [3.8, 4) is 0 Å². The number of carbonyl (C=O) groups is 1. The fourth-order valence-electron chi connectivity index (χ4n) is 2.37. The molecule has 0 bridgehead atoms. The first kappa shape index (κ1) is 14.3. The van der Waals surface area contributed by atoms with Crippen LogP contribution in [-0.2, 0) is 4.79 Å². The van der Waals surface area contributed by atoms with Gasteiger partial charge in [-0.1, -0.05) is 31.4 Å². The maximum atomic E-state index is 11.8. The normalized spacial score (nSPS) is 16.2. The lowest BCUT2D eigenvalue weighted by molar-refractivity contribution is -0.115. The summed E-state index contributed by atoms with van der Waals surface area (Å²) in [6.07, 6.45) is 7.28. The largest absolute Gasteiger partial charge is 0.397 e. The summed E-state index contributed by atoms with van der Waals surface area (Å²) in [7, 11) is 0. The molecular weight excluding hydrogens is 256 g/mol. The lowest BCUT2D eigenvalue weighted by Gasteiger charge is -2.20. The predicted molar refractivity (Wildman–Crippen MR) is 83.4 cm³/mol. The smallest absolute Gasteiger partial charge is 0.225 e. The number of nitrogen functional groups attached to an aromatic ring is 1. The van der Waals surface area contributed by atoms with Gasteiger partial charge in [0.25, 0.3) is 0 Å². The van der Waals surface area contributed by atoms with Crippen molar-refractivity contribution in [1.29, 1.82) is 0 Å². The third kappa shape index (κ3) is 4.78. The van der Waals surface area contributed by atoms with Crippen molar-refractivity contribution in [2.45, 2.75) is 43.8 Å². The van der Waals surface area contributed by atoms with E-state index in [0.717, 1.165) is 16.7 Å². The van der Waals surface area contributed by atoms with Gasteiger partial charge >= 0.3 is 0 Å². The summed E-state index contributed by atoms with van der Waals surface area (Å²) >= 11 is 1.95. The van der Waals surface area contributed by atoms with E-state index in [4.69, 9.17) is 5.73 Å². The number of nitrogens with two attached hydrogens (primary N) is 1. The Morgan fingerprint density at radius 2 is 2.00 bits per heavy atom. The van der Waals surface area contributed by atoms with Crippen molar-refractivity contribution >= 4 is 29.0 Å². The van der Waals surface area contributed by atoms with E-state index in [1.54, 1.807) is 6.07 Å². The van der Waals surface area contributed by atoms with E-state index in [0.29, 0.717) is 12.1 Å². The number of hydrogen-bond donors (Lipinski definition) is 2. The van der Waals surface area contributed by atoms with Gasteiger partial charge in [-0.15, -0.1) is 0 Å². The van der Waals surface area contributed by atoms with E-state index in [-0.39, 0.29) is 5.91 Å². The SMILES string of the molecule is Nc1ccccc1NC(=O)CCSC1CCCCC1. The zero-order chi connectivity index (χ0) is 13.5. The number of para-hydroxylation sites is 2. The molecule has 0 atom stereocenters. The van der Waals surface area contributed by atoms with Crippen LogP contribution in [0, 0.1) is 0 Å². The summed E-state index contributed by atoms with van der Waals surface area (Å²) in [5, 5.41) is 3.64. The third-order valence-electron chi connectivity index (χ3n) is 3.47. The molecule has 1 aliphatic rings. The highest BCUT2D eigenvalue weighted by atomic mass is 32.2. The monoisotopic (exact) mass is 278 g/mol. The highest BCUT2D eigenvalue weighted by molar-refractivity contribution is 7.99. The average Bonchev–Trinajstić information content (AvgIpc) is 2.43. The molecule has 1 amide bonds. The van der Waals surface area contributed by atoms with Crippen molar-refractivity contribution in [2.24, 2.45) is 0 Å². The molecule has 0 unspecified atom stereocenters. The molecule has 4 heteroatoms. The number of rotatable bonds is 5. The Morgan fingerprint density at radius 3 is 2.74 bits per heavy atom. The van der Waals surface area contributed by atoms with E-state index in [9.17, 15) is 4.79 Å². The Morgan fingerprint density at radius 1 is 1.26 bits per heavy atom. The van der Waals surface area contributed by atoms with Crippen LogP contribution in [-0.4, -0.2) is 16.9 Å². The van der Waals surface area contributed by atoms with Crippen LogP contribution in [0.4, 0.5) is 11.4 Å². The molecule has 1 aromatic rings. The van der Waals surface area contributed by atoms with Crippen LogP contribution in [0.2, 0.25) is 0 Å². The van der Waals surface area contributed by atoms with E-state index in [2.05, 4.69) is 5.32 Å². The molecule has 0 spiro atoms. The maximum Gasteiger partial charge on any atom is 0.225 e. The van der Waals surface area contributed by atoms with Crippen molar-refractivity contribution in [3.05, 3.63) is 24.3 Å². The molecule has 3 nitrogen and oxygen atoms in total. The summed E-state index contributed by atoms with van der Waals surface area (Å²) in [5.74, 6) is 0.963. The molecule has 1 aliphatic carbocycles. The van der Waals surface area contributed by atoms with E-state index < -0.39 is 0 Å². The Kier molecular flexibility index (Phi) is 5.58. The van der Waals surface area contributed by atoms with Gasteiger partial charge in [0.2, 0.25) is 5.91 Å². The third-order valence-corrected chi connectivity index (χ3v) is 4.85. The second-order valence-corrected chi connectivity index (χ2v) is 6.42. The van der Waals surface area contributed by atoms with Crippen LogP contribution < -0.4 is 11.1 Å². The molecule has 1 aromatic carbocycles. The Balaban J connectivity index is 1.68. The minimum atomic E-state index is 0.0567. The summed E-state index contributed by atoms with van der Waals surface area (Å²) in [6, 6.07) is 7.38. The second kappa shape index (κ2) is 7.43. The topological polar surface area (TPSA) is 55.1 Å². The fraction of sp³-hybridized carbons (Fsp3) is 0.533. The van der Waals surface area contributed by atoms with Crippen LogP contribution in [0.15, 0.2) is 24.3 Å². The number of carbonyl (C=O) groups excluding carboxylic acids is 1. The molecular formula is C15H22N2OS. The standard InChI is InChI=1S/C15H22N2OS/c16-13-8-4-5-9-14(13)17-15(18)10-11-19-12-6-2-1-3-7-12/h4-5,8-9,12H,1-3,6-7,10-11,16H2,(H,17,18). The molecule has 3 N–H and O–H groups in total. The number of amides is 1. The van der Waals surface area contributed by atoms with Crippen molar-refractivity contribution in [2.75, 3.05) is 16.8 Å². The van der Waals surface area contributed by atoms with E-state index in [1.807, 2.05) is 30.0 Å². The van der Waals surface area contributed by atoms with Crippen molar-refractivity contribution in [1.82, 2.24) is 0 Å². The van der Waals surface area contributed by atoms with Gasteiger partial charge in [0.1, 0.15) is 0 Å². The molecule has 0 radical (unpaired) electrons. The van der Waals surface area contributed by atoms with Crippen molar-refractivity contribution in [3.63, 3.8) is 0 Å². The lowest BCUT2D eigenvalue weighted by atomic mass is 10.0. The number of thioether (sulfide) groups is 1. The molecule has 104 valence electrons. The summed E-state index contributed by atoms with van der Waals surface area (Å²) in [5.41, 5.74) is 7.13. The molecule has 1 fully saturated rings. The minimum absolute atomic E-state index is 0.0567. The summed E-state index contributed by atoms with van der Waals surface area (Å²) in [4.78, 5) is 11.8. The first-order valence-electron chi connectivity index (χ1n) is 7.01. The van der Waals surface area contributed by atoms with Crippen molar-refractivity contribution < 1.29 is 4.79 Å². The first-order chi connectivity index (χ1) is 9.25. The predicted octanol–water partition coefficient (Wildman–Crippen LogP) is 3.66. The highest BCUT2D eigenvalue weighted by Crippen LogP contribution is 2.28. The molecule has 1 saturated carbocycles. The molecule has 2 rings (SSSR count). The van der Waals surface area contributed by atoms with E-state index >= 15 is 0 Å². The molecule has 0 heterocycles. The molecule has 0 saturated heterocycles. The van der Waals surface area contributed by atoms with Gasteiger partial charge in [-0.25, -0.2) is 0 Å². The number of nitrogens with one attached hydrogen (secondary N) is 1. The Hall–Kier alpha value is -1.16. The summed E-state index contributed by atoms with van der Waals surface area (Å²) < 4.78 is 0. The Labute approximate surface area is 119 Å². The molecule has 0 aliphatic heterocycles. The van der Waals surface area contributed by atoms with Gasteiger partial charge < -0.3 is 11.1 Å². The van der Waals surface area contributed by atoms with Gasteiger partial charge in [0.05, 0.1) is 11.4 Å². The highest BCUT2D eigenvalue weighted by Gasteiger charge is 2.14. The number of hydrogen-bond acceptors (Lipinski definition) is 3. The van der Waals surface area contributed by atoms with Crippen LogP contribution in [0.5, 0.6) is 0 Å². The second-order valence-electron chi connectivity index (χ2n) is 5.02. The van der Waals surface area contributed by atoms with E-state index in [1.165, 1.54) is 32.1 Å². The fourth-order valence-corrected chi connectivity index (χ4v) is 3.68. The zero-order valence-corrected chi connectivity index (χ0v) is 12.0. The van der Waals surface area contributed by atoms with Gasteiger partial charge in [0.15, 0.2) is 0 Å². The van der Waals surface area contributed by atoms with Gasteiger partial charge in [-0.05, 0) is 25.0 Å². The average molecular weight is 278 g/mol. The van der Waals surface area contributed by atoms with Crippen LogP contribution >= 0.6 is 11.8 Å². The van der Waals surface area contributed by atoms with Gasteiger partial charge in [-0.3, -0.25) is 4.79 Å². The number of benzene rings is 1. The lowest BCUT2D eigenvalue weighted by Crippen LogP contribution is -2.15. The van der Waals surface area contributed by atoms with Gasteiger partial charge in [-0.2, -0.15) is 11.8 Å². The Bertz CT molecular complexity index is 416. The van der Waals surface area contributed by atoms with Crippen LogP contribution in [0.3, 0.4) is 0 Å². The van der Waals surface area contributed by atoms with Crippen LogP contribution in [0.25, 0.3) is 0 Å². The maximum absolute atomic E-state index is 11.8. The summed E-state index contributed by atoms with van der Waals surface area (Å²) in [6.45, 7) is 0. The first-order valence-corrected chi connectivity index (χ1v) is 8.06. The number of anilines is 2. The minimum Gasteiger partial charge on any atom is -0.397 e. The van der Waals surface area contributed by atoms with Gasteiger partial charge in [0, 0.05) is 17.4 Å². The quantitative estimate of drug-likeness (QED) is 0.808. The zero-order valence-electron chi connectivity index (χ0n) is 11.2. The molecule has 0 aromatic heterocycles. The van der Waals surface area contributed by atoms with Crippen LogP contribution in [0.1, 0.15) is 38.5 Å². The molecule has 19 heavy (non-hydrogen) atoms.